The third-order valence-electron chi connectivity index (χ3n) is 3.61. The van der Waals surface area contributed by atoms with Crippen molar-refractivity contribution in [3.05, 3.63) is 35.4 Å². The molecule has 3 nitrogen and oxygen atoms in total. The van der Waals surface area contributed by atoms with Crippen LogP contribution in [0.5, 0.6) is 0 Å². The molecule has 106 valence electrons. The normalized spacial score (nSPS) is 14.2. The highest BCUT2D eigenvalue weighted by Gasteiger charge is 2.12. The fourth-order valence-electron chi connectivity index (χ4n) is 1.90. The van der Waals surface area contributed by atoms with E-state index in [1.165, 1.54) is 11.1 Å². The second-order valence-corrected chi connectivity index (χ2v) is 5.56. The summed E-state index contributed by atoms with van der Waals surface area (Å²) < 4.78 is 0. The van der Waals surface area contributed by atoms with Crippen molar-refractivity contribution in [2.75, 3.05) is 6.54 Å². The SMILES string of the molecule is Cc1ccccc1[C@H](C)NCC(=O)NC(C)C(C)C. The molecule has 19 heavy (non-hydrogen) atoms. The van der Waals surface area contributed by atoms with Gasteiger partial charge < -0.3 is 10.6 Å². The Labute approximate surface area is 116 Å². The van der Waals surface area contributed by atoms with E-state index in [0.29, 0.717) is 12.5 Å². The molecule has 0 saturated carbocycles. The first-order chi connectivity index (χ1) is 8.91. The first kappa shape index (κ1) is 15.7. The van der Waals surface area contributed by atoms with Crippen molar-refractivity contribution in [3.63, 3.8) is 0 Å². The highest BCUT2D eigenvalue weighted by molar-refractivity contribution is 5.78. The second kappa shape index (κ2) is 7.29. The zero-order valence-electron chi connectivity index (χ0n) is 12.7. The van der Waals surface area contributed by atoms with Gasteiger partial charge in [0.05, 0.1) is 6.54 Å². The van der Waals surface area contributed by atoms with E-state index in [1.54, 1.807) is 0 Å². The molecule has 1 amide bonds. The van der Waals surface area contributed by atoms with Gasteiger partial charge in [-0.25, -0.2) is 0 Å². The number of amides is 1. The van der Waals surface area contributed by atoms with Crippen LogP contribution in [0, 0.1) is 12.8 Å². The lowest BCUT2D eigenvalue weighted by atomic mass is 10.0. The molecule has 2 atom stereocenters. The molecular weight excluding hydrogens is 236 g/mol. The van der Waals surface area contributed by atoms with Crippen LogP contribution >= 0.6 is 0 Å². The van der Waals surface area contributed by atoms with Crippen LogP contribution in [0.25, 0.3) is 0 Å². The highest BCUT2D eigenvalue weighted by Crippen LogP contribution is 2.16. The van der Waals surface area contributed by atoms with Gasteiger partial charge in [-0.1, -0.05) is 38.1 Å². The summed E-state index contributed by atoms with van der Waals surface area (Å²) >= 11 is 0. The molecule has 0 heterocycles. The van der Waals surface area contributed by atoms with Gasteiger partial charge in [-0.2, -0.15) is 0 Å². The molecule has 3 heteroatoms. The molecule has 2 N–H and O–H groups in total. The van der Waals surface area contributed by atoms with E-state index in [-0.39, 0.29) is 18.0 Å². The van der Waals surface area contributed by atoms with Crippen LogP contribution in [0.4, 0.5) is 0 Å². The van der Waals surface area contributed by atoms with E-state index in [9.17, 15) is 4.79 Å². The summed E-state index contributed by atoms with van der Waals surface area (Å²) in [6.07, 6.45) is 0. The molecule has 0 spiro atoms. The standard InChI is InChI=1S/C16H26N2O/c1-11(2)13(4)18-16(19)10-17-14(5)15-9-7-6-8-12(15)3/h6-9,11,13-14,17H,10H2,1-5H3,(H,18,19)/t13?,14-/m0/s1. The number of hydrogen-bond acceptors (Lipinski definition) is 2. The summed E-state index contributed by atoms with van der Waals surface area (Å²) in [4.78, 5) is 11.8. The van der Waals surface area contributed by atoms with Gasteiger partial charge >= 0.3 is 0 Å². The zero-order valence-corrected chi connectivity index (χ0v) is 12.7. The van der Waals surface area contributed by atoms with Crippen LogP contribution in [-0.2, 0) is 4.79 Å². The number of benzene rings is 1. The molecular formula is C16H26N2O. The Hall–Kier alpha value is -1.35. The van der Waals surface area contributed by atoms with Crippen molar-refractivity contribution in [1.82, 2.24) is 10.6 Å². The Morgan fingerprint density at radius 2 is 1.79 bits per heavy atom. The Morgan fingerprint density at radius 3 is 2.37 bits per heavy atom. The van der Waals surface area contributed by atoms with Crippen LogP contribution in [0.3, 0.4) is 0 Å². The molecule has 0 saturated heterocycles. The van der Waals surface area contributed by atoms with Gasteiger partial charge in [0.15, 0.2) is 0 Å². The molecule has 0 aromatic heterocycles. The minimum atomic E-state index is 0.0571. The van der Waals surface area contributed by atoms with E-state index < -0.39 is 0 Å². The van der Waals surface area contributed by atoms with Crippen LogP contribution < -0.4 is 10.6 Å². The Kier molecular flexibility index (Phi) is 6.03. The minimum Gasteiger partial charge on any atom is -0.352 e. The van der Waals surface area contributed by atoms with Gasteiger partial charge in [-0.15, -0.1) is 0 Å². The number of carbonyl (C=O) groups is 1. The Balaban J connectivity index is 2.44. The van der Waals surface area contributed by atoms with Crippen LogP contribution in [0.2, 0.25) is 0 Å². The van der Waals surface area contributed by atoms with E-state index in [4.69, 9.17) is 0 Å². The first-order valence-corrected chi connectivity index (χ1v) is 7.00. The number of rotatable bonds is 6. The van der Waals surface area contributed by atoms with Gasteiger partial charge in [-0.3, -0.25) is 4.79 Å². The van der Waals surface area contributed by atoms with Crippen molar-refractivity contribution >= 4 is 5.91 Å². The molecule has 0 bridgehead atoms. The number of carbonyl (C=O) groups excluding carboxylic acids is 1. The van der Waals surface area contributed by atoms with Crippen LogP contribution in [-0.4, -0.2) is 18.5 Å². The predicted octanol–water partition coefficient (Wildman–Crippen LogP) is 2.81. The second-order valence-electron chi connectivity index (χ2n) is 5.56. The molecule has 0 aliphatic heterocycles. The summed E-state index contributed by atoms with van der Waals surface area (Å²) in [5, 5.41) is 6.27. The lowest BCUT2D eigenvalue weighted by Gasteiger charge is -2.20. The molecule has 1 rings (SSSR count). The quantitative estimate of drug-likeness (QED) is 0.827. The summed E-state index contributed by atoms with van der Waals surface area (Å²) in [5.41, 5.74) is 2.49. The monoisotopic (exact) mass is 262 g/mol. The largest absolute Gasteiger partial charge is 0.352 e. The van der Waals surface area contributed by atoms with Crippen LogP contribution in [0.15, 0.2) is 24.3 Å². The maximum absolute atomic E-state index is 11.8. The number of hydrogen-bond donors (Lipinski definition) is 2. The first-order valence-electron chi connectivity index (χ1n) is 7.00. The van der Waals surface area contributed by atoms with Crippen molar-refractivity contribution in [3.8, 4) is 0 Å². The molecule has 0 fully saturated rings. The summed E-state index contributed by atoms with van der Waals surface area (Å²) in [7, 11) is 0. The average molecular weight is 262 g/mol. The van der Waals surface area contributed by atoms with Gasteiger partial charge in [0, 0.05) is 12.1 Å². The molecule has 1 aromatic carbocycles. The van der Waals surface area contributed by atoms with Gasteiger partial charge in [0.2, 0.25) is 5.91 Å². The van der Waals surface area contributed by atoms with Crippen LogP contribution in [0.1, 0.15) is 44.9 Å². The third-order valence-corrected chi connectivity index (χ3v) is 3.61. The summed E-state index contributed by atoms with van der Waals surface area (Å²) in [6.45, 7) is 10.8. The van der Waals surface area contributed by atoms with Crippen molar-refractivity contribution < 1.29 is 4.79 Å². The average Bonchev–Trinajstić information content (AvgIpc) is 2.36. The minimum absolute atomic E-state index is 0.0571. The van der Waals surface area contributed by atoms with Crippen molar-refractivity contribution in [2.45, 2.75) is 46.7 Å². The van der Waals surface area contributed by atoms with Crippen molar-refractivity contribution in [2.24, 2.45) is 5.92 Å². The van der Waals surface area contributed by atoms with Gasteiger partial charge in [-0.05, 0) is 37.8 Å². The van der Waals surface area contributed by atoms with E-state index in [0.717, 1.165) is 0 Å². The molecule has 1 unspecified atom stereocenters. The summed E-state index contributed by atoms with van der Waals surface area (Å²) in [5.74, 6) is 0.513. The topological polar surface area (TPSA) is 41.1 Å². The molecule has 0 aliphatic carbocycles. The van der Waals surface area contributed by atoms with E-state index >= 15 is 0 Å². The fourth-order valence-corrected chi connectivity index (χ4v) is 1.90. The van der Waals surface area contributed by atoms with E-state index in [1.807, 2.05) is 19.1 Å². The number of nitrogens with one attached hydrogen (secondary N) is 2. The lowest BCUT2D eigenvalue weighted by molar-refractivity contribution is -0.121. The maximum Gasteiger partial charge on any atom is 0.234 e. The van der Waals surface area contributed by atoms with Gasteiger partial charge in [0.25, 0.3) is 0 Å². The predicted molar refractivity (Wildman–Crippen MR) is 80.0 cm³/mol. The molecule has 1 aromatic rings. The molecule has 0 radical (unpaired) electrons. The van der Waals surface area contributed by atoms with E-state index in [2.05, 4.69) is 50.5 Å². The Morgan fingerprint density at radius 1 is 1.16 bits per heavy atom. The number of aryl methyl sites for hydroxylation is 1. The highest BCUT2D eigenvalue weighted by atomic mass is 16.1. The third kappa shape index (κ3) is 5.03. The zero-order chi connectivity index (χ0) is 14.4. The Bertz CT molecular complexity index is 415. The fraction of sp³-hybridized carbons (Fsp3) is 0.562. The maximum atomic E-state index is 11.8. The van der Waals surface area contributed by atoms with Gasteiger partial charge in [0.1, 0.15) is 0 Å². The molecule has 0 aliphatic rings. The summed E-state index contributed by atoms with van der Waals surface area (Å²) in [6, 6.07) is 8.64. The lowest BCUT2D eigenvalue weighted by Crippen LogP contribution is -2.41. The van der Waals surface area contributed by atoms with Crippen molar-refractivity contribution in [1.29, 1.82) is 0 Å². The smallest absolute Gasteiger partial charge is 0.234 e.